The lowest BCUT2D eigenvalue weighted by Gasteiger charge is -2.22. The highest BCUT2D eigenvalue weighted by Gasteiger charge is 2.49. The zero-order valence-electron chi connectivity index (χ0n) is 16.7. The van der Waals surface area contributed by atoms with E-state index < -0.39 is 29.9 Å². The van der Waals surface area contributed by atoms with Crippen molar-refractivity contribution in [2.45, 2.75) is 12.5 Å². The Hall–Kier alpha value is -3.62. The summed E-state index contributed by atoms with van der Waals surface area (Å²) in [5.74, 6) is 0.391. The third-order valence-electron chi connectivity index (χ3n) is 4.73. The smallest absolute Gasteiger partial charge is 0.325 e. The Balaban J connectivity index is 1.69. The highest BCUT2D eigenvalue weighted by Crippen LogP contribution is 2.30. The van der Waals surface area contributed by atoms with Crippen LogP contribution in [0.1, 0.15) is 12.5 Å². The topological polar surface area (TPSA) is 104 Å². The van der Waals surface area contributed by atoms with Gasteiger partial charge in [0.1, 0.15) is 23.7 Å². The van der Waals surface area contributed by atoms with Gasteiger partial charge in [-0.15, -0.1) is 0 Å². The lowest BCUT2D eigenvalue weighted by molar-refractivity contribution is -0.133. The van der Waals surface area contributed by atoms with Crippen LogP contribution in [0.2, 0.25) is 0 Å². The van der Waals surface area contributed by atoms with Crippen molar-refractivity contribution < 1.29 is 19.1 Å². The highest BCUT2D eigenvalue weighted by atomic mass is 16.5. The molecule has 1 aromatic carbocycles. The van der Waals surface area contributed by atoms with E-state index >= 15 is 0 Å². The lowest BCUT2D eigenvalue weighted by Crippen LogP contribution is -2.42. The first-order chi connectivity index (χ1) is 13.7. The zero-order valence-corrected chi connectivity index (χ0v) is 16.7. The van der Waals surface area contributed by atoms with Gasteiger partial charge in [0.05, 0.1) is 19.0 Å². The lowest BCUT2D eigenvalue weighted by atomic mass is 9.92. The molecular weight excluding hydrogens is 374 g/mol. The summed E-state index contributed by atoms with van der Waals surface area (Å²) in [7, 11) is 5.26. The monoisotopic (exact) mass is 397 g/mol. The van der Waals surface area contributed by atoms with Gasteiger partial charge >= 0.3 is 6.03 Å². The molecule has 2 N–H and O–H groups in total. The fraction of sp³-hybridized carbons (Fsp3) is 0.300. The maximum absolute atomic E-state index is 12.9. The number of methoxy groups -OCH3 is 1. The number of rotatable bonds is 6. The van der Waals surface area contributed by atoms with Crippen molar-refractivity contribution in [3.63, 3.8) is 0 Å². The van der Waals surface area contributed by atoms with Crippen LogP contribution in [0.5, 0.6) is 5.75 Å². The predicted octanol–water partition coefficient (Wildman–Crippen LogP) is 1.56. The minimum atomic E-state index is -1.25. The number of carbonyl (C=O) groups excluding carboxylic acids is 3. The van der Waals surface area contributed by atoms with Crippen LogP contribution >= 0.6 is 0 Å². The molecule has 0 bridgehead atoms. The number of benzene rings is 1. The van der Waals surface area contributed by atoms with E-state index in [-0.39, 0.29) is 0 Å². The van der Waals surface area contributed by atoms with Crippen LogP contribution in [-0.2, 0) is 15.1 Å². The van der Waals surface area contributed by atoms with E-state index in [1.54, 1.807) is 50.4 Å². The molecule has 2 heterocycles. The van der Waals surface area contributed by atoms with Crippen molar-refractivity contribution in [3.8, 4) is 5.75 Å². The zero-order chi connectivity index (χ0) is 21.2. The Morgan fingerprint density at radius 2 is 1.90 bits per heavy atom. The molecule has 1 aliphatic rings. The molecule has 1 fully saturated rings. The number of amides is 4. The van der Waals surface area contributed by atoms with Crippen LogP contribution in [0.3, 0.4) is 0 Å². The molecule has 3 rings (SSSR count). The maximum Gasteiger partial charge on any atom is 0.325 e. The number of nitrogens with one attached hydrogen (secondary N) is 2. The highest BCUT2D eigenvalue weighted by molar-refractivity contribution is 6.10. The van der Waals surface area contributed by atoms with Crippen LogP contribution in [-0.4, -0.2) is 55.5 Å². The molecule has 2 aromatic rings. The number of hydrogen-bond acceptors (Lipinski definition) is 6. The number of nitrogens with zero attached hydrogens (tertiary/aromatic N) is 3. The summed E-state index contributed by atoms with van der Waals surface area (Å²) in [5, 5.41) is 5.32. The van der Waals surface area contributed by atoms with E-state index in [9.17, 15) is 14.4 Å². The van der Waals surface area contributed by atoms with Gasteiger partial charge in [0, 0.05) is 14.1 Å². The molecule has 0 radical (unpaired) electrons. The molecule has 152 valence electrons. The molecule has 0 unspecified atom stereocenters. The molecule has 1 saturated heterocycles. The van der Waals surface area contributed by atoms with Crippen molar-refractivity contribution in [2.75, 3.05) is 38.0 Å². The number of anilines is 2. The Morgan fingerprint density at radius 3 is 2.45 bits per heavy atom. The molecule has 1 atom stereocenters. The van der Waals surface area contributed by atoms with Crippen LogP contribution in [0.25, 0.3) is 0 Å². The molecule has 1 aromatic heterocycles. The van der Waals surface area contributed by atoms with Gasteiger partial charge in [-0.2, -0.15) is 0 Å². The molecular formula is C20H23N5O4. The number of pyridine rings is 1. The first kappa shape index (κ1) is 20.1. The molecule has 29 heavy (non-hydrogen) atoms. The average Bonchev–Trinajstić information content (AvgIpc) is 2.92. The van der Waals surface area contributed by atoms with Crippen molar-refractivity contribution >= 4 is 29.4 Å². The second kappa shape index (κ2) is 7.78. The summed E-state index contributed by atoms with van der Waals surface area (Å²) in [6.45, 7) is 1.21. The second-order valence-electron chi connectivity index (χ2n) is 7.02. The molecule has 9 nitrogen and oxygen atoms in total. The number of carbonyl (C=O) groups is 3. The Morgan fingerprint density at radius 1 is 1.21 bits per heavy atom. The predicted molar refractivity (Wildman–Crippen MR) is 108 cm³/mol. The van der Waals surface area contributed by atoms with E-state index in [0.717, 1.165) is 10.7 Å². The van der Waals surface area contributed by atoms with Gasteiger partial charge < -0.3 is 20.3 Å². The van der Waals surface area contributed by atoms with E-state index in [4.69, 9.17) is 4.74 Å². The van der Waals surface area contributed by atoms with Gasteiger partial charge in [-0.05, 0) is 36.8 Å². The SMILES string of the molecule is COc1ccc([C@]2(C)NC(=O)N(CC(=O)Nc3ccc(N(C)C)nc3)C2=O)cc1. The third kappa shape index (κ3) is 3.98. The third-order valence-corrected chi connectivity index (χ3v) is 4.73. The maximum atomic E-state index is 12.9. The van der Waals surface area contributed by atoms with Crippen molar-refractivity contribution in [1.29, 1.82) is 0 Å². The molecule has 0 saturated carbocycles. The van der Waals surface area contributed by atoms with Gasteiger partial charge in [0.15, 0.2) is 0 Å². The quantitative estimate of drug-likeness (QED) is 0.717. The van der Waals surface area contributed by atoms with Crippen molar-refractivity contribution in [3.05, 3.63) is 48.2 Å². The number of ether oxygens (including phenoxy) is 1. The number of urea groups is 1. The molecule has 4 amide bonds. The van der Waals surface area contributed by atoms with Gasteiger partial charge in [0.25, 0.3) is 5.91 Å². The molecule has 9 heteroatoms. The standard InChI is InChI=1S/C20H23N5O4/c1-20(13-5-8-15(29-4)9-6-13)18(27)25(19(28)23-20)12-17(26)22-14-7-10-16(21-11-14)24(2)3/h5-11H,12H2,1-4H3,(H,22,26)(H,23,28)/t20-/m0/s1. The minimum Gasteiger partial charge on any atom is -0.497 e. The van der Waals surface area contributed by atoms with Gasteiger partial charge in [0.2, 0.25) is 5.91 Å². The number of hydrogen-bond donors (Lipinski definition) is 2. The van der Waals surface area contributed by atoms with Crippen LogP contribution in [0.4, 0.5) is 16.3 Å². The van der Waals surface area contributed by atoms with Gasteiger partial charge in [-0.3, -0.25) is 14.5 Å². The number of imide groups is 1. The average molecular weight is 397 g/mol. The van der Waals surface area contributed by atoms with Crippen LogP contribution in [0.15, 0.2) is 42.6 Å². The summed E-state index contributed by atoms with van der Waals surface area (Å²) in [5.41, 5.74) is -0.174. The van der Waals surface area contributed by atoms with Gasteiger partial charge in [-0.25, -0.2) is 9.78 Å². The van der Waals surface area contributed by atoms with Crippen molar-refractivity contribution in [2.24, 2.45) is 0 Å². The fourth-order valence-electron chi connectivity index (χ4n) is 3.03. The molecule has 0 aliphatic carbocycles. The Kier molecular flexibility index (Phi) is 5.40. The first-order valence-corrected chi connectivity index (χ1v) is 8.96. The largest absolute Gasteiger partial charge is 0.497 e. The van der Waals surface area contributed by atoms with E-state index in [0.29, 0.717) is 17.0 Å². The summed E-state index contributed by atoms with van der Waals surface area (Å²) < 4.78 is 5.12. The van der Waals surface area contributed by atoms with Crippen LogP contribution < -0.4 is 20.3 Å². The molecule has 0 spiro atoms. The normalized spacial score (nSPS) is 18.4. The van der Waals surface area contributed by atoms with Gasteiger partial charge in [-0.1, -0.05) is 12.1 Å². The summed E-state index contributed by atoms with van der Waals surface area (Å²) in [4.78, 5) is 44.6. The Bertz CT molecular complexity index is 927. The summed E-state index contributed by atoms with van der Waals surface area (Å²) >= 11 is 0. The summed E-state index contributed by atoms with van der Waals surface area (Å²) in [6.07, 6.45) is 1.51. The number of aromatic nitrogens is 1. The van der Waals surface area contributed by atoms with E-state index in [2.05, 4.69) is 15.6 Å². The summed E-state index contributed by atoms with van der Waals surface area (Å²) in [6, 6.07) is 9.67. The Labute approximate surface area is 168 Å². The van der Waals surface area contributed by atoms with Crippen molar-refractivity contribution in [1.82, 2.24) is 15.2 Å². The second-order valence-corrected chi connectivity index (χ2v) is 7.02. The molecule has 1 aliphatic heterocycles. The van der Waals surface area contributed by atoms with E-state index in [1.165, 1.54) is 6.20 Å². The van der Waals surface area contributed by atoms with Crippen LogP contribution in [0, 0.1) is 0 Å². The minimum absolute atomic E-state index is 0.397. The first-order valence-electron chi connectivity index (χ1n) is 8.96. The fourth-order valence-corrected chi connectivity index (χ4v) is 3.03. The van der Waals surface area contributed by atoms with E-state index in [1.807, 2.05) is 19.0 Å².